The Bertz CT molecular complexity index is 573. The number of halogens is 1. The number of allylic oxidation sites excluding steroid dienone is 1. The number of carbonyl (C=O) groups is 3. The minimum absolute atomic E-state index is 0.0642. The second-order valence-corrected chi connectivity index (χ2v) is 8.89. The smallest absolute Gasteiger partial charge is 0.315 e. The molecule has 2 fully saturated rings. The molecule has 27 heavy (non-hydrogen) atoms. The van der Waals surface area contributed by atoms with Crippen molar-refractivity contribution in [2.45, 2.75) is 69.2 Å². The number of unbranched alkanes of at least 4 members (excludes halogenated alkanes) is 3. The fourth-order valence-electron chi connectivity index (χ4n) is 3.25. The van der Waals surface area contributed by atoms with Gasteiger partial charge in [-0.1, -0.05) is 42.4 Å². The number of hydrogen-bond donors (Lipinski definition) is 4. The first-order valence-electron chi connectivity index (χ1n) is 9.58. The van der Waals surface area contributed by atoms with Crippen LogP contribution in [0.25, 0.3) is 0 Å². The maximum atomic E-state index is 12.2. The standard InChI is InChI=1S/C18H29IN4O3S/c1-2-3-4-8-14(22-16(25)10-19)21-15(24)9-6-5-7-13-17-12(11-27-13)20-18(26)23-17/h8,12-13,17H,2-7,9-11H2,1H3,(H,21,24)(H,22,25)(H2,20,23,26)/t12-,13-,17-/m0/s1. The van der Waals surface area contributed by atoms with Crippen LogP contribution in [0.2, 0.25) is 0 Å². The molecular formula is C18H29IN4O3S. The van der Waals surface area contributed by atoms with Gasteiger partial charge in [0.25, 0.3) is 0 Å². The maximum absolute atomic E-state index is 12.2. The third-order valence-electron chi connectivity index (χ3n) is 4.66. The van der Waals surface area contributed by atoms with E-state index >= 15 is 0 Å². The van der Waals surface area contributed by atoms with Gasteiger partial charge in [-0.3, -0.25) is 9.59 Å². The number of amides is 4. The average molecular weight is 508 g/mol. The fraction of sp³-hybridized carbons (Fsp3) is 0.722. The molecule has 3 atom stereocenters. The van der Waals surface area contributed by atoms with Crippen molar-refractivity contribution in [2.75, 3.05) is 10.2 Å². The second kappa shape index (κ2) is 11.8. The van der Waals surface area contributed by atoms with Gasteiger partial charge in [0.2, 0.25) is 11.8 Å². The molecule has 2 heterocycles. The molecule has 2 aliphatic rings. The van der Waals surface area contributed by atoms with Gasteiger partial charge in [-0.25, -0.2) is 4.79 Å². The number of thioether (sulfide) groups is 1. The lowest BCUT2D eigenvalue weighted by atomic mass is 10.0. The first kappa shape index (κ1) is 22.3. The molecule has 7 nitrogen and oxygen atoms in total. The maximum Gasteiger partial charge on any atom is 0.315 e. The van der Waals surface area contributed by atoms with Crippen molar-refractivity contribution in [1.82, 2.24) is 21.3 Å². The quantitative estimate of drug-likeness (QED) is 0.149. The lowest BCUT2D eigenvalue weighted by molar-refractivity contribution is -0.120. The summed E-state index contributed by atoms with van der Waals surface area (Å²) in [6.07, 6.45) is 7.96. The topological polar surface area (TPSA) is 99.3 Å². The summed E-state index contributed by atoms with van der Waals surface area (Å²) in [6.45, 7) is 2.10. The number of hydrogen-bond acceptors (Lipinski definition) is 4. The Morgan fingerprint density at radius 3 is 2.74 bits per heavy atom. The fourth-order valence-corrected chi connectivity index (χ4v) is 4.99. The summed E-state index contributed by atoms with van der Waals surface area (Å²) in [5, 5.41) is 11.9. The van der Waals surface area contributed by atoms with Gasteiger partial charge >= 0.3 is 6.03 Å². The first-order valence-corrected chi connectivity index (χ1v) is 12.1. The van der Waals surface area contributed by atoms with Gasteiger partial charge in [-0.05, 0) is 31.8 Å². The summed E-state index contributed by atoms with van der Waals surface area (Å²) >= 11 is 3.89. The summed E-state index contributed by atoms with van der Waals surface area (Å²) < 4.78 is 0.353. The van der Waals surface area contributed by atoms with Gasteiger partial charge in [0, 0.05) is 17.4 Å². The lowest BCUT2D eigenvalue weighted by Crippen LogP contribution is -2.37. The Morgan fingerprint density at radius 2 is 2.00 bits per heavy atom. The second-order valence-electron chi connectivity index (χ2n) is 6.86. The van der Waals surface area contributed by atoms with Gasteiger partial charge in [0.1, 0.15) is 5.82 Å². The summed E-state index contributed by atoms with van der Waals surface area (Å²) in [5.41, 5.74) is 0. The van der Waals surface area contributed by atoms with Crippen molar-refractivity contribution in [3.05, 3.63) is 11.9 Å². The Morgan fingerprint density at radius 1 is 1.22 bits per heavy atom. The summed E-state index contributed by atoms with van der Waals surface area (Å²) in [6, 6.07) is 0.395. The van der Waals surface area contributed by atoms with Crippen LogP contribution in [0.15, 0.2) is 11.9 Å². The van der Waals surface area contributed by atoms with Crippen molar-refractivity contribution in [2.24, 2.45) is 0 Å². The van der Waals surface area contributed by atoms with Crippen LogP contribution in [0.1, 0.15) is 51.9 Å². The molecule has 0 aromatic heterocycles. The lowest BCUT2D eigenvalue weighted by Gasteiger charge is -2.16. The molecule has 2 aliphatic heterocycles. The third-order valence-corrected chi connectivity index (χ3v) is 6.86. The molecule has 9 heteroatoms. The largest absolute Gasteiger partial charge is 0.332 e. The van der Waals surface area contributed by atoms with Crippen LogP contribution in [0.4, 0.5) is 4.79 Å². The van der Waals surface area contributed by atoms with Crippen LogP contribution in [-0.4, -0.2) is 45.4 Å². The highest BCUT2D eigenvalue weighted by Crippen LogP contribution is 2.33. The number of nitrogens with one attached hydrogen (secondary N) is 4. The minimum Gasteiger partial charge on any atom is -0.332 e. The van der Waals surface area contributed by atoms with Crippen molar-refractivity contribution in [3.8, 4) is 0 Å². The van der Waals surface area contributed by atoms with E-state index in [2.05, 4.69) is 28.2 Å². The molecule has 2 saturated heterocycles. The molecule has 2 rings (SSSR count). The molecule has 0 bridgehead atoms. The third kappa shape index (κ3) is 7.52. The van der Waals surface area contributed by atoms with Gasteiger partial charge < -0.3 is 21.3 Å². The molecule has 0 aromatic carbocycles. The number of carbonyl (C=O) groups excluding carboxylic acids is 3. The summed E-state index contributed by atoms with van der Waals surface area (Å²) in [5.74, 6) is 1.28. The van der Waals surface area contributed by atoms with Crippen LogP contribution in [0, 0.1) is 0 Å². The SMILES string of the molecule is CCCCC=C(NC(=O)CI)NC(=O)CCCC[C@@H]1SC[C@@H]2NC(=O)N[C@@H]21. The van der Waals surface area contributed by atoms with Crippen molar-refractivity contribution < 1.29 is 14.4 Å². The number of rotatable bonds is 11. The van der Waals surface area contributed by atoms with Gasteiger partial charge in [0.15, 0.2) is 0 Å². The predicted molar refractivity (Wildman–Crippen MR) is 117 cm³/mol. The zero-order valence-corrected chi connectivity index (χ0v) is 18.7. The Kier molecular flexibility index (Phi) is 9.74. The monoisotopic (exact) mass is 508 g/mol. The van der Waals surface area contributed by atoms with Gasteiger partial charge in [-0.15, -0.1) is 0 Å². The molecule has 0 aromatic rings. The van der Waals surface area contributed by atoms with Crippen LogP contribution in [-0.2, 0) is 9.59 Å². The van der Waals surface area contributed by atoms with Gasteiger partial charge in [0.05, 0.1) is 16.5 Å². The van der Waals surface area contributed by atoms with Crippen LogP contribution in [0.3, 0.4) is 0 Å². The predicted octanol–water partition coefficient (Wildman–Crippen LogP) is 2.41. The van der Waals surface area contributed by atoms with Crippen molar-refractivity contribution >= 4 is 52.2 Å². The highest BCUT2D eigenvalue weighted by Gasteiger charge is 2.42. The van der Waals surface area contributed by atoms with Crippen molar-refractivity contribution in [3.63, 3.8) is 0 Å². The van der Waals surface area contributed by atoms with E-state index in [1.54, 1.807) is 0 Å². The highest BCUT2D eigenvalue weighted by molar-refractivity contribution is 14.1. The zero-order valence-electron chi connectivity index (χ0n) is 15.7. The van der Waals surface area contributed by atoms with E-state index in [1.165, 1.54) is 0 Å². The van der Waals surface area contributed by atoms with E-state index in [-0.39, 0.29) is 29.9 Å². The van der Waals surface area contributed by atoms with E-state index in [4.69, 9.17) is 0 Å². The van der Waals surface area contributed by atoms with Crippen LogP contribution in [0.5, 0.6) is 0 Å². The molecule has 152 valence electrons. The molecular weight excluding hydrogens is 479 g/mol. The Balaban J connectivity index is 1.68. The van der Waals surface area contributed by atoms with Crippen LogP contribution < -0.4 is 21.3 Å². The highest BCUT2D eigenvalue weighted by atomic mass is 127. The van der Waals surface area contributed by atoms with Crippen LogP contribution >= 0.6 is 34.4 Å². The molecule has 0 saturated carbocycles. The molecule has 4 amide bonds. The zero-order chi connectivity index (χ0) is 19.6. The van der Waals surface area contributed by atoms with Crippen molar-refractivity contribution in [1.29, 1.82) is 0 Å². The number of fused-ring (bicyclic) bond motifs is 1. The number of urea groups is 1. The van der Waals surface area contributed by atoms with E-state index in [0.717, 1.165) is 44.3 Å². The molecule has 0 unspecified atom stereocenters. The van der Waals surface area contributed by atoms with E-state index in [9.17, 15) is 14.4 Å². The van der Waals surface area contributed by atoms with E-state index < -0.39 is 0 Å². The van der Waals surface area contributed by atoms with Gasteiger partial charge in [-0.2, -0.15) is 11.8 Å². The first-order chi connectivity index (χ1) is 13.0. The summed E-state index contributed by atoms with van der Waals surface area (Å²) in [4.78, 5) is 35.2. The van der Waals surface area contributed by atoms with E-state index in [0.29, 0.717) is 21.9 Å². The van der Waals surface area contributed by atoms with E-state index in [1.807, 2.05) is 40.4 Å². The average Bonchev–Trinajstić information content (AvgIpc) is 3.18. The molecule has 0 spiro atoms. The molecule has 0 radical (unpaired) electrons. The normalized spacial score (nSPS) is 24.1. The summed E-state index contributed by atoms with van der Waals surface area (Å²) in [7, 11) is 0. The minimum atomic E-state index is -0.112. The number of alkyl halides is 1. The molecule has 4 N–H and O–H groups in total. The Labute approximate surface area is 178 Å². The Hall–Kier alpha value is -0.970. The molecule has 0 aliphatic carbocycles.